The minimum atomic E-state index is -4.22. The number of carbonyl (C=O) groups is 2. The normalized spacial score (nSPS) is 18.7. The molecule has 3 aromatic rings. The maximum absolute atomic E-state index is 14.4. The molecule has 0 saturated carbocycles. The van der Waals surface area contributed by atoms with E-state index in [0.717, 1.165) is 24.3 Å². The molecule has 1 fully saturated rings. The molecule has 5 rings (SSSR count). The third kappa shape index (κ3) is 5.79. The molecule has 42 heavy (non-hydrogen) atoms. The average molecular weight is 593 g/mol. The van der Waals surface area contributed by atoms with Gasteiger partial charge in [-0.05, 0) is 48.4 Å². The van der Waals surface area contributed by atoms with Crippen molar-refractivity contribution in [2.24, 2.45) is 0 Å². The smallest absolute Gasteiger partial charge is 0.348 e. The summed E-state index contributed by atoms with van der Waals surface area (Å²) in [5, 5.41) is 0. The Labute approximate surface area is 247 Å². The van der Waals surface area contributed by atoms with Crippen LogP contribution in [-0.2, 0) is 41.0 Å². The van der Waals surface area contributed by atoms with Crippen molar-refractivity contribution in [3.05, 3.63) is 89.5 Å². The molecule has 0 spiro atoms. The molecular weight excluding hydrogens is 556 g/mol. The Morgan fingerprint density at radius 2 is 1.81 bits per heavy atom. The van der Waals surface area contributed by atoms with Gasteiger partial charge in [-0.1, -0.05) is 56.3 Å². The van der Waals surface area contributed by atoms with E-state index in [2.05, 4.69) is 4.90 Å². The Bertz CT molecular complexity index is 1540. The number of benzene rings is 3. The number of morpholine rings is 1. The Balaban J connectivity index is 1.54. The highest BCUT2D eigenvalue weighted by molar-refractivity contribution is 7.89. The molecule has 0 aromatic heterocycles. The fourth-order valence-corrected chi connectivity index (χ4v) is 7.10. The van der Waals surface area contributed by atoms with E-state index < -0.39 is 33.6 Å². The number of rotatable bonds is 10. The van der Waals surface area contributed by atoms with Gasteiger partial charge < -0.3 is 23.9 Å². The molecule has 0 N–H and O–H groups in total. The zero-order valence-corrected chi connectivity index (χ0v) is 24.9. The number of hydrogen-bond acceptors (Lipinski definition) is 8. The van der Waals surface area contributed by atoms with Crippen molar-refractivity contribution in [3.63, 3.8) is 0 Å². The van der Waals surface area contributed by atoms with Gasteiger partial charge in [-0.2, -0.15) is 4.31 Å². The molecule has 0 amide bonds. The quantitative estimate of drug-likeness (QED) is 0.254. The summed E-state index contributed by atoms with van der Waals surface area (Å²) in [6.07, 6.45) is -0.243. The van der Waals surface area contributed by atoms with Gasteiger partial charge in [0.1, 0.15) is 18.1 Å². The van der Waals surface area contributed by atoms with Crippen molar-refractivity contribution in [2.45, 2.75) is 49.8 Å². The van der Waals surface area contributed by atoms with Crippen molar-refractivity contribution in [2.75, 3.05) is 37.8 Å². The average Bonchev–Trinajstić information content (AvgIpc) is 3.28. The topological polar surface area (TPSA) is 102 Å². The van der Waals surface area contributed by atoms with Crippen LogP contribution in [0.15, 0.2) is 77.7 Å². The van der Waals surface area contributed by atoms with Crippen molar-refractivity contribution < 1.29 is 32.2 Å². The van der Waals surface area contributed by atoms with Crippen LogP contribution in [0.1, 0.15) is 43.5 Å². The Morgan fingerprint density at radius 3 is 2.50 bits per heavy atom. The van der Waals surface area contributed by atoms with Gasteiger partial charge in [0.15, 0.2) is 0 Å². The van der Waals surface area contributed by atoms with Crippen LogP contribution in [0.25, 0.3) is 0 Å². The number of nitrogens with zero attached hydrogens (tertiary/aromatic N) is 2. The predicted octanol–water partition coefficient (Wildman–Crippen LogP) is 4.26. The highest BCUT2D eigenvalue weighted by Gasteiger charge is 2.47. The molecular formula is C32H36N2O7S. The third-order valence-electron chi connectivity index (χ3n) is 7.86. The van der Waals surface area contributed by atoms with E-state index in [4.69, 9.17) is 14.2 Å². The standard InChI is InChI=1S/C32H36N2O7S/c1-4-40-31(36)30-32(2,3)27-20-26(13-14-29(27)41-30)42(37,38)34(28(22-35)24-10-6-5-7-11-24)21-23-9-8-12-25(19-23)33-15-17-39-18-16-33/h5-14,19-20,22,28,30H,4,15-18,21H2,1-3H3. The summed E-state index contributed by atoms with van der Waals surface area (Å²) in [6, 6.07) is 20.1. The lowest BCUT2D eigenvalue weighted by atomic mass is 9.81. The minimum absolute atomic E-state index is 0.00884. The fourth-order valence-electron chi connectivity index (χ4n) is 5.54. The first-order chi connectivity index (χ1) is 20.2. The van der Waals surface area contributed by atoms with E-state index >= 15 is 0 Å². The van der Waals surface area contributed by atoms with Crippen molar-refractivity contribution >= 4 is 28.0 Å². The summed E-state index contributed by atoms with van der Waals surface area (Å²) >= 11 is 0. The fraction of sp³-hybridized carbons (Fsp3) is 0.375. The first-order valence-corrected chi connectivity index (χ1v) is 15.5. The Hall–Kier alpha value is -3.73. The van der Waals surface area contributed by atoms with Crippen molar-refractivity contribution in [1.29, 1.82) is 0 Å². The van der Waals surface area contributed by atoms with E-state index in [1.54, 1.807) is 43.3 Å². The number of fused-ring (bicyclic) bond motifs is 1. The second kappa shape index (κ2) is 12.2. The van der Waals surface area contributed by atoms with Crippen LogP contribution in [0.5, 0.6) is 5.75 Å². The van der Waals surface area contributed by atoms with E-state index in [1.807, 2.05) is 44.2 Å². The van der Waals surface area contributed by atoms with Crippen LogP contribution in [0.2, 0.25) is 0 Å². The van der Waals surface area contributed by atoms with Gasteiger partial charge in [-0.3, -0.25) is 0 Å². The SMILES string of the molecule is CCOC(=O)C1Oc2ccc(S(=O)(=O)N(Cc3cccc(N4CCOCC4)c3)C(C=O)c3ccccc3)cc2C1(C)C. The van der Waals surface area contributed by atoms with E-state index in [9.17, 15) is 18.0 Å². The van der Waals surface area contributed by atoms with Gasteiger partial charge >= 0.3 is 5.97 Å². The number of hydrogen-bond donors (Lipinski definition) is 0. The van der Waals surface area contributed by atoms with Crippen LogP contribution >= 0.6 is 0 Å². The highest BCUT2D eigenvalue weighted by Crippen LogP contribution is 2.45. The molecule has 10 heteroatoms. The first kappa shape index (κ1) is 29.8. The van der Waals surface area contributed by atoms with Crippen molar-refractivity contribution in [1.82, 2.24) is 4.31 Å². The van der Waals surface area contributed by atoms with Gasteiger partial charge in [0.2, 0.25) is 16.1 Å². The lowest BCUT2D eigenvalue weighted by Gasteiger charge is -2.31. The number of sulfonamides is 1. The summed E-state index contributed by atoms with van der Waals surface area (Å²) < 4.78 is 46.7. The summed E-state index contributed by atoms with van der Waals surface area (Å²) in [7, 11) is -4.22. The molecule has 2 heterocycles. The molecule has 2 aliphatic rings. The van der Waals surface area contributed by atoms with E-state index in [1.165, 1.54) is 10.4 Å². The number of esters is 1. The predicted molar refractivity (Wildman–Crippen MR) is 158 cm³/mol. The molecule has 2 aliphatic heterocycles. The zero-order chi connectivity index (χ0) is 29.9. The molecule has 3 aromatic carbocycles. The van der Waals surface area contributed by atoms with E-state index in [-0.39, 0.29) is 18.0 Å². The summed E-state index contributed by atoms with van der Waals surface area (Å²) in [6.45, 7) is 8.29. The van der Waals surface area contributed by atoms with Crippen LogP contribution < -0.4 is 9.64 Å². The lowest BCUT2D eigenvalue weighted by molar-refractivity contribution is -0.153. The summed E-state index contributed by atoms with van der Waals surface area (Å²) in [5.74, 6) is -0.0771. The second-order valence-electron chi connectivity index (χ2n) is 10.9. The molecule has 0 radical (unpaired) electrons. The second-order valence-corrected chi connectivity index (χ2v) is 12.8. The number of ether oxygens (including phenoxy) is 3. The molecule has 0 bridgehead atoms. The number of anilines is 1. The van der Waals surface area contributed by atoms with Crippen LogP contribution in [0, 0.1) is 0 Å². The maximum atomic E-state index is 14.4. The summed E-state index contributed by atoms with van der Waals surface area (Å²) in [4.78, 5) is 27.4. The summed E-state index contributed by atoms with van der Waals surface area (Å²) in [5.41, 5.74) is 2.02. The molecule has 9 nitrogen and oxygen atoms in total. The van der Waals surface area contributed by atoms with E-state index in [0.29, 0.717) is 36.4 Å². The molecule has 0 aliphatic carbocycles. The first-order valence-electron chi connectivity index (χ1n) is 14.1. The van der Waals surface area contributed by atoms with Crippen LogP contribution in [0.3, 0.4) is 0 Å². The lowest BCUT2D eigenvalue weighted by Crippen LogP contribution is -2.40. The van der Waals surface area contributed by atoms with Crippen LogP contribution in [-0.4, -0.2) is 64.0 Å². The molecule has 1 saturated heterocycles. The highest BCUT2D eigenvalue weighted by atomic mass is 32.2. The monoisotopic (exact) mass is 592 g/mol. The van der Waals surface area contributed by atoms with Gasteiger partial charge in [-0.25, -0.2) is 13.2 Å². The number of carbonyl (C=O) groups excluding carboxylic acids is 2. The zero-order valence-electron chi connectivity index (χ0n) is 24.1. The third-order valence-corrected chi connectivity index (χ3v) is 9.68. The molecule has 222 valence electrons. The largest absolute Gasteiger partial charge is 0.477 e. The van der Waals surface area contributed by atoms with Gasteiger partial charge in [-0.15, -0.1) is 0 Å². The Morgan fingerprint density at radius 1 is 1.07 bits per heavy atom. The van der Waals surface area contributed by atoms with Gasteiger partial charge in [0, 0.05) is 36.3 Å². The maximum Gasteiger partial charge on any atom is 0.348 e. The Kier molecular flexibility index (Phi) is 8.68. The number of aldehydes is 1. The minimum Gasteiger partial charge on any atom is -0.477 e. The van der Waals surface area contributed by atoms with Gasteiger partial charge in [0.25, 0.3) is 0 Å². The van der Waals surface area contributed by atoms with Gasteiger partial charge in [0.05, 0.1) is 24.7 Å². The molecule has 2 unspecified atom stereocenters. The van der Waals surface area contributed by atoms with Crippen LogP contribution in [0.4, 0.5) is 5.69 Å². The molecule has 2 atom stereocenters. The van der Waals surface area contributed by atoms with Crippen molar-refractivity contribution in [3.8, 4) is 5.75 Å².